The first kappa shape index (κ1) is 10.4. The van der Waals surface area contributed by atoms with Crippen LogP contribution in [0, 0.1) is 5.92 Å². The van der Waals surface area contributed by atoms with E-state index in [4.69, 9.17) is 10.9 Å². The first-order chi connectivity index (χ1) is 5.06. The van der Waals surface area contributed by atoms with E-state index in [9.17, 15) is 4.79 Å². The minimum Gasteiger partial charge on any atom is -0.481 e. The van der Waals surface area contributed by atoms with E-state index in [0.717, 1.165) is 6.42 Å². The van der Waals surface area contributed by atoms with E-state index < -0.39 is 5.97 Å². The first-order valence-electron chi connectivity index (χ1n) is 3.74. The fourth-order valence-corrected chi connectivity index (χ4v) is 0.990. The third-order valence-corrected chi connectivity index (χ3v) is 1.41. The number of carbonyl (C=O) groups is 1. The second-order valence-corrected chi connectivity index (χ2v) is 3.09. The maximum absolute atomic E-state index is 10.3. The Hall–Kier alpha value is -0.610. The quantitative estimate of drug-likeness (QED) is 0.400. The minimum atomic E-state index is -0.811. The molecule has 11 heavy (non-hydrogen) atoms. The van der Waals surface area contributed by atoms with Gasteiger partial charge in [-0.3, -0.25) is 16.1 Å². The molecule has 66 valence electrons. The minimum absolute atomic E-state index is 0.0919. The summed E-state index contributed by atoms with van der Waals surface area (Å²) < 4.78 is 0. The molecule has 0 aliphatic carbocycles. The van der Waals surface area contributed by atoms with Gasteiger partial charge >= 0.3 is 5.97 Å². The van der Waals surface area contributed by atoms with Gasteiger partial charge in [0, 0.05) is 6.04 Å². The summed E-state index contributed by atoms with van der Waals surface area (Å²) in [6, 6.07) is -0.104. The molecule has 0 aliphatic rings. The second kappa shape index (κ2) is 5.09. The van der Waals surface area contributed by atoms with Crippen LogP contribution in [0.4, 0.5) is 0 Å². The lowest BCUT2D eigenvalue weighted by Gasteiger charge is -2.15. The molecule has 0 amide bonds. The molecule has 0 saturated heterocycles. The highest BCUT2D eigenvalue weighted by atomic mass is 16.4. The summed E-state index contributed by atoms with van der Waals surface area (Å²) in [4.78, 5) is 10.3. The molecule has 0 aromatic heterocycles. The van der Waals surface area contributed by atoms with Gasteiger partial charge in [0.05, 0.1) is 6.42 Å². The molecule has 0 aromatic rings. The normalized spacial score (nSPS) is 13.5. The van der Waals surface area contributed by atoms with Crippen LogP contribution >= 0.6 is 0 Å². The van der Waals surface area contributed by atoms with Gasteiger partial charge in [-0.15, -0.1) is 0 Å². The second-order valence-electron chi connectivity index (χ2n) is 3.09. The average Bonchev–Trinajstić information content (AvgIpc) is 1.84. The molecule has 0 saturated carbocycles. The number of hydrogen-bond donors (Lipinski definition) is 3. The smallest absolute Gasteiger partial charge is 0.304 e. The summed E-state index contributed by atoms with van der Waals surface area (Å²) >= 11 is 0. The monoisotopic (exact) mass is 160 g/mol. The zero-order chi connectivity index (χ0) is 8.85. The van der Waals surface area contributed by atoms with Crippen LogP contribution in [0.5, 0.6) is 0 Å². The van der Waals surface area contributed by atoms with Gasteiger partial charge in [-0.1, -0.05) is 13.8 Å². The molecule has 1 atom stereocenters. The van der Waals surface area contributed by atoms with Crippen LogP contribution in [0.2, 0.25) is 0 Å². The van der Waals surface area contributed by atoms with Crippen molar-refractivity contribution < 1.29 is 9.90 Å². The number of hydrazine groups is 1. The molecule has 0 heterocycles. The third kappa shape index (κ3) is 5.82. The zero-order valence-electron chi connectivity index (χ0n) is 7.00. The van der Waals surface area contributed by atoms with Crippen molar-refractivity contribution in [3.8, 4) is 0 Å². The average molecular weight is 160 g/mol. The van der Waals surface area contributed by atoms with E-state index in [1.54, 1.807) is 0 Å². The summed E-state index contributed by atoms with van der Waals surface area (Å²) in [5.41, 5.74) is 2.48. The molecular weight excluding hydrogens is 144 g/mol. The van der Waals surface area contributed by atoms with Crippen molar-refractivity contribution in [2.45, 2.75) is 32.7 Å². The lowest BCUT2D eigenvalue weighted by molar-refractivity contribution is -0.137. The number of nitrogens with two attached hydrogens (primary N) is 1. The van der Waals surface area contributed by atoms with E-state index in [0.29, 0.717) is 5.92 Å². The van der Waals surface area contributed by atoms with Crippen molar-refractivity contribution in [1.82, 2.24) is 5.43 Å². The summed E-state index contributed by atoms with van der Waals surface area (Å²) in [7, 11) is 0. The summed E-state index contributed by atoms with van der Waals surface area (Å²) in [5, 5.41) is 8.43. The van der Waals surface area contributed by atoms with Crippen LogP contribution in [0.15, 0.2) is 0 Å². The number of carboxylic acids is 1. The lowest BCUT2D eigenvalue weighted by atomic mass is 10.0. The molecule has 0 rings (SSSR count). The van der Waals surface area contributed by atoms with Crippen LogP contribution in [-0.4, -0.2) is 17.1 Å². The van der Waals surface area contributed by atoms with Gasteiger partial charge < -0.3 is 5.11 Å². The molecule has 0 radical (unpaired) electrons. The van der Waals surface area contributed by atoms with Gasteiger partial charge in [0.15, 0.2) is 0 Å². The standard InChI is InChI=1S/C7H16N2O2/c1-5(2)3-6(9-8)4-7(10)11/h5-6,9H,3-4,8H2,1-2H3,(H,10,11). The van der Waals surface area contributed by atoms with Crippen LogP contribution < -0.4 is 11.3 Å². The van der Waals surface area contributed by atoms with Gasteiger partial charge in [-0.2, -0.15) is 0 Å². The SMILES string of the molecule is CC(C)CC(CC(=O)O)NN. The van der Waals surface area contributed by atoms with E-state index in [1.165, 1.54) is 0 Å². The Morgan fingerprint density at radius 1 is 1.64 bits per heavy atom. The number of nitrogens with one attached hydrogen (secondary N) is 1. The van der Waals surface area contributed by atoms with Gasteiger partial charge in [0.2, 0.25) is 0 Å². The zero-order valence-corrected chi connectivity index (χ0v) is 7.00. The summed E-state index contributed by atoms with van der Waals surface area (Å²) in [5.74, 6) is 4.81. The topological polar surface area (TPSA) is 75.3 Å². The highest BCUT2D eigenvalue weighted by molar-refractivity contribution is 5.67. The molecule has 0 fully saturated rings. The Bertz CT molecular complexity index is 126. The van der Waals surface area contributed by atoms with Gasteiger partial charge in [0.25, 0.3) is 0 Å². The van der Waals surface area contributed by atoms with E-state index in [2.05, 4.69) is 5.43 Å². The van der Waals surface area contributed by atoms with Gasteiger partial charge in [-0.25, -0.2) is 0 Å². The Morgan fingerprint density at radius 2 is 2.18 bits per heavy atom. The van der Waals surface area contributed by atoms with Crippen molar-refractivity contribution in [2.75, 3.05) is 0 Å². The molecule has 0 aromatic carbocycles. The van der Waals surface area contributed by atoms with Gasteiger partial charge in [0.1, 0.15) is 0 Å². The predicted molar refractivity (Wildman–Crippen MR) is 42.8 cm³/mol. The molecule has 0 spiro atoms. The lowest BCUT2D eigenvalue weighted by Crippen LogP contribution is -2.37. The Labute approximate surface area is 66.7 Å². The highest BCUT2D eigenvalue weighted by Crippen LogP contribution is 2.06. The fraction of sp³-hybridized carbons (Fsp3) is 0.857. The molecule has 4 N–H and O–H groups in total. The summed E-state index contributed by atoms with van der Waals surface area (Å²) in [6.45, 7) is 4.07. The van der Waals surface area contributed by atoms with E-state index in [1.807, 2.05) is 13.8 Å². The highest BCUT2D eigenvalue weighted by Gasteiger charge is 2.12. The Balaban J connectivity index is 3.66. The molecule has 4 heteroatoms. The predicted octanol–water partition coefficient (Wildman–Crippen LogP) is 0.339. The molecule has 0 bridgehead atoms. The van der Waals surface area contributed by atoms with E-state index in [-0.39, 0.29) is 12.5 Å². The Kier molecular flexibility index (Phi) is 4.81. The van der Waals surface area contributed by atoms with Crippen molar-refractivity contribution in [3.63, 3.8) is 0 Å². The van der Waals surface area contributed by atoms with Crippen LogP contribution in [0.3, 0.4) is 0 Å². The fourth-order valence-electron chi connectivity index (χ4n) is 0.990. The number of aliphatic carboxylic acids is 1. The van der Waals surface area contributed by atoms with Crippen LogP contribution in [0.1, 0.15) is 26.7 Å². The first-order valence-corrected chi connectivity index (χ1v) is 3.74. The van der Waals surface area contributed by atoms with Crippen molar-refractivity contribution >= 4 is 5.97 Å². The van der Waals surface area contributed by atoms with Crippen LogP contribution in [-0.2, 0) is 4.79 Å². The number of rotatable bonds is 5. The molecule has 4 nitrogen and oxygen atoms in total. The molecule has 0 aliphatic heterocycles. The third-order valence-electron chi connectivity index (χ3n) is 1.41. The van der Waals surface area contributed by atoms with Crippen molar-refractivity contribution in [1.29, 1.82) is 0 Å². The maximum atomic E-state index is 10.3. The molecular formula is C7H16N2O2. The van der Waals surface area contributed by atoms with Crippen molar-refractivity contribution in [2.24, 2.45) is 11.8 Å². The Morgan fingerprint density at radius 3 is 2.45 bits per heavy atom. The largest absolute Gasteiger partial charge is 0.481 e. The van der Waals surface area contributed by atoms with Crippen molar-refractivity contribution in [3.05, 3.63) is 0 Å². The molecule has 1 unspecified atom stereocenters. The van der Waals surface area contributed by atoms with Crippen LogP contribution in [0.25, 0.3) is 0 Å². The number of carboxylic acid groups (broad SMARTS) is 1. The van der Waals surface area contributed by atoms with E-state index >= 15 is 0 Å². The summed E-state index contributed by atoms with van der Waals surface area (Å²) in [6.07, 6.45) is 0.886. The van der Waals surface area contributed by atoms with Gasteiger partial charge in [-0.05, 0) is 12.3 Å². The number of hydrogen-bond acceptors (Lipinski definition) is 3. The maximum Gasteiger partial charge on any atom is 0.304 e.